The molecule has 0 radical (unpaired) electrons. The minimum Gasteiger partial charge on any atom is -0.490 e. The Hall–Kier alpha value is -5.23. The fourth-order valence-corrected chi connectivity index (χ4v) is 3.81. The van der Waals surface area contributed by atoms with Gasteiger partial charge >= 0.3 is 11.9 Å². The van der Waals surface area contributed by atoms with Gasteiger partial charge in [-0.25, -0.2) is 14.5 Å². The third-order valence-corrected chi connectivity index (χ3v) is 5.55. The fraction of sp³-hybridized carbons (Fsp3) is 0.138. The molecule has 0 saturated heterocycles. The predicted molar refractivity (Wildman–Crippen MR) is 137 cm³/mol. The summed E-state index contributed by atoms with van der Waals surface area (Å²) in [5.41, 5.74) is 1.46. The summed E-state index contributed by atoms with van der Waals surface area (Å²) in [5.74, 6) is -1.93. The lowest BCUT2D eigenvalue weighted by Gasteiger charge is -2.15. The number of benzene rings is 3. The molecular weight excluding hydrogens is 488 g/mol. The van der Waals surface area contributed by atoms with Crippen molar-refractivity contribution in [2.45, 2.75) is 13.8 Å². The molecule has 9 heteroatoms. The number of ether oxygens (including phenoxy) is 3. The number of rotatable bonds is 8. The number of nitrogens with zero attached hydrogens (tertiary/aromatic N) is 2. The highest BCUT2D eigenvalue weighted by atomic mass is 16.6. The molecular formula is C29H22N2O7. The molecule has 190 valence electrons. The molecule has 38 heavy (non-hydrogen) atoms. The largest absolute Gasteiger partial charge is 0.490 e. The molecule has 0 atom stereocenters. The van der Waals surface area contributed by atoms with Crippen LogP contribution in [0.2, 0.25) is 0 Å². The van der Waals surface area contributed by atoms with Crippen molar-refractivity contribution in [3.8, 4) is 17.6 Å². The van der Waals surface area contributed by atoms with Crippen LogP contribution in [0.5, 0.6) is 11.5 Å². The minimum absolute atomic E-state index is 0.132. The van der Waals surface area contributed by atoms with E-state index in [-0.39, 0.29) is 35.8 Å². The summed E-state index contributed by atoms with van der Waals surface area (Å²) in [6.45, 7) is 3.80. The van der Waals surface area contributed by atoms with E-state index in [2.05, 4.69) is 0 Å². The van der Waals surface area contributed by atoms with Gasteiger partial charge in [0.05, 0.1) is 35.6 Å². The molecule has 4 rings (SSSR count). The highest BCUT2D eigenvalue weighted by molar-refractivity contribution is 6.34. The average Bonchev–Trinajstić information content (AvgIpc) is 3.18. The summed E-state index contributed by atoms with van der Waals surface area (Å²) < 4.78 is 16.0. The van der Waals surface area contributed by atoms with Crippen molar-refractivity contribution in [3.05, 3.63) is 94.6 Å². The van der Waals surface area contributed by atoms with E-state index in [4.69, 9.17) is 14.2 Å². The van der Waals surface area contributed by atoms with Gasteiger partial charge in [-0.05, 0) is 74.0 Å². The Bertz CT molecular complexity index is 1470. The summed E-state index contributed by atoms with van der Waals surface area (Å²) in [7, 11) is 0. The Morgan fingerprint density at radius 1 is 0.895 bits per heavy atom. The minimum atomic E-state index is -0.742. The van der Waals surface area contributed by atoms with Crippen LogP contribution in [0.1, 0.15) is 50.5 Å². The molecule has 1 aliphatic rings. The number of amides is 2. The molecule has 0 aliphatic carbocycles. The molecule has 1 aliphatic heterocycles. The van der Waals surface area contributed by atoms with E-state index in [9.17, 15) is 24.4 Å². The molecule has 3 aromatic carbocycles. The fourth-order valence-electron chi connectivity index (χ4n) is 3.81. The topological polar surface area (TPSA) is 123 Å². The quantitative estimate of drug-likeness (QED) is 0.142. The van der Waals surface area contributed by atoms with Gasteiger partial charge < -0.3 is 14.2 Å². The first kappa shape index (κ1) is 25.9. The maximum Gasteiger partial charge on any atom is 0.348 e. The monoisotopic (exact) mass is 510 g/mol. The van der Waals surface area contributed by atoms with Crippen LogP contribution in [0.15, 0.2) is 72.3 Å². The number of imide groups is 1. The van der Waals surface area contributed by atoms with Gasteiger partial charge in [0.1, 0.15) is 11.6 Å². The van der Waals surface area contributed by atoms with Crippen LogP contribution in [0.25, 0.3) is 6.08 Å². The third kappa shape index (κ3) is 5.15. The molecule has 0 N–H and O–H groups in total. The van der Waals surface area contributed by atoms with Gasteiger partial charge in [0.25, 0.3) is 11.8 Å². The number of carbonyl (C=O) groups is 4. The van der Waals surface area contributed by atoms with E-state index in [0.717, 1.165) is 4.90 Å². The van der Waals surface area contributed by atoms with Crippen molar-refractivity contribution in [2.75, 3.05) is 18.1 Å². The number of hydrogen-bond donors (Lipinski definition) is 0. The van der Waals surface area contributed by atoms with Gasteiger partial charge in [-0.3, -0.25) is 9.59 Å². The van der Waals surface area contributed by atoms with Gasteiger partial charge in [-0.2, -0.15) is 5.26 Å². The zero-order valence-electron chi connectivity index (χ0n) is 20.6. The molecule has 0 aromatic heterocycles. The number of nitriles is 1. The van der Waals surface area contributed by atoms with Crippen LogP contribution in [-0.4, -0.2) is 37.0 Å². The lowest BCUT2D eigenvalue weighted by molar-refractivity contribution is -0.137. The van der Waals surface area contributed by atoms with Crippen molar-refractivity contribution in [2.24, 2.45) is 0 Å². The van der Waals surface area contributed by atoms with Crippen molar-refractivity contribution < 1.29 is 33.4 Å². The molecule has 0 bridgehead atoms. The van der Waals surface area contributed by atoms with E-state index in [0.29, 0.717) is 22.4 Å². The van der Waals surface area contributed by atoms with E-state index in [1.54, 1.807) is 50.2 Å². The summed E-state index contributed by atoms with van der Waals surface area (Å²) >= 11 is 0. The Morgan fingerprint density at radius 3 is 2.13 bits per heavy atom. The molecule has 0 saturated carbocycles. The number of anilines is 1. The second-order valence-electron chi connectivity index (χ2n) is 7.96. The van der Waals surface area contributed by atoms with Crippen molar-refractivity contribution >= 4 is 35.5 Å². The number of hydrogen-bond acceptors (Lipinski definition) is 8. The van der Waals surface area contributed by atoms with Crippen LogP contribution in [0, 0.1) is 11.3 Å². The lowest BCUT2D eigenvalue weighted by Crippen LogP contribution is -2.29. The highest BCUT2D eigenvalue weighted by Crippen LogP contribution is 2.31. The van der Waals surface area contributed by atoms with E-state index in [1.807, 2.05) is 0 Å². The van der Waals surface area contributed by atoms with Crippen molar-refractivity contribution in [1.82, 2.24) is 0 Å². The number of esters is 2. The second kappa shape index (κ2) is 11.2. The third-order valence-electron chi connectivity index (χ3n) is 5.55. The summed E-state index contributed by atoms with van der Waals surface area (Å²) in [6.07, 6.45) is 1.35. The summed E-state index contributed by atoms with van der Waals surface area (Å²) in [5, 5.41) is 9.26. The maximum atomic E-state index is 12.8. The SMILES string of the molecule is CCOC(=O)/C(C#N)=C/c1ccc(OC(=O)c2ccc(N3C(=O)c4ccccc4C3=O)cc2)c(OCC)c1. The summed E-state index contributed by atoms with van der Waals surface area (Å²) in [4.78, 5) is 51.2. The Balaban J connectivity index is 1.53. The Labute approximate surface area is 218 Å². The van der Waals surface area contributed by atoms with Gasteiger partial charge in [0, 0.05) is 0 Å². The molecule has 9 nitrogen and oxygen atoms in total. The normalized spacial score (nSPS) is 12.6. The average molecular weight is 511 g/mol. The highest BCUT2D eigenvalue weighted by Gasteiger charge is 2.36. The van der Waals surface area contributed by atoms with Crippen LogP contribution in [0.3, 0.4) is 0 Å². The van der Waals surface area contributed by atoms with E-state index >= 15 is 0 Å². The molecule has 1 heterocycles. The van der Waals surface area contributed by atoms with Crippen molar-refractivity contribution in [1.29, 1.82) is 5.26 Å². The standard InChI is InChI=1S/C29H22N2O7/c1-3-36-25-16-18(15-20(17-30)28(34)37-4-2)9-14-24(25)38-29(35)19-10-12-21(13-11-19)31-26(32)22-7-5-6-8-23(22)27(31)33/h5-16H,3-4H2,1-2H3/b20-15+. The van der Waals surface area contributed by atoms with Crippen LogP contribution >= 0.6 is 0 Å². The molecule has 3 aromatic rings. The Kier molecular flexibility index (Phi) is 7.63. The van der Waals surface area contributed by atoms with E-state index in [1.165, 1.54) is 42.5 Å². The first-order valence-corrected chi connectivity index (χ1v) is 11.7. The number of carbonyl (C=O) groups excluding carboxylic acids is 4. The predicted octanol–water partition coefficient (Wildman–Crippen LogP) is 4.58. The molecule has 2 amide bonds. The first-order chi connectivity index (χ1) is 18.4. The summed E-state index contributed by atoms with van der Waals surface area (Å²) in [6, 6.07) is 18.9. The van der Waals surface area contributed by atoms with Crippen LogP contribution in [-0.2, 0) is 9.53 Å². The zero-order valence-corrected chi connectivity index (χ0v) is 20.6. The maximum absolute atomic E-state index is 12.8. The number of fused-ring (bicyclic) bond motifs is 1. The van der Waals surface area contributed by atoms with Gasteiger partial charge in [-0.15, -0.1) is 0 Å². The molecule has 0 spiro atoms. The van der Waals surface area contributed by atoms with Crippen LogP contribution < -0.4 is 14.4 Å². The smallest absolute Gasteiger partial charge is 0.348 e. The Morgan fingerprint density at radius 2 is 1.55 bits per heavy atom. The van der Waals surface area contributed by atoms with E-state index < -0.39 is 23.8 Å². The lowest BCUT2D eigenvalue weighted by atomic mass is 10.1. The van der Waals surface area contributed by atoms with Gasteiger partial charge in [-0.1, -0.05) is 18.2 Å². The van der Waals surface area contributed by atoms with Gasteiger partial charge in [0.2, 0.25) is 0 Å². The zero-order chi connectivity index (χ0) is 27.2. The van der Waals surface area contributed by atoms with Crippen LogP contribution in [0.4, 0.5) is 5.69 Å². The van der Waals surface area contributed by atoms with Crippen molar-refractivity contribution in [3.63, 3.8) is 0 Å². The first-order valence-electron chi connectivity index (χ1n) is 11.7. The van der Waals surface area contributed by atoms with Gasteiger partial charge in [0.15, 0.2) is 11.5 Å². The second-order valence-corrected chi connectivity index (χ2v) is 7.96. The molecule has 0 fully saturated rings. The molecule has 0 unspecified atom stereocenters.